The number of hydrogen-bond donors (Lipinski definition) is 1. The van der Waals surface area contributed by atoms with Crippen molar-refractivity contribution in [2.75, 3.05) is 11.4 Å². The third-order valence-corrected chi connectivity index (χ3v) is 4.56. The van der Waals surface area contributed by atoms with Crippen LogP contribution in [-0.4, -0.2) is 26.1 Å². The predicted octanol–water partition coefficient (Wildman–Crippen LogP) is 1.53. The van der Waals surface area contributed by atoms with Crippen molar-refractivity contribution in [1.82, 2.24) is 0 Å². The quantitative estimate of drug-likeness (QED) is 0.837. The second-order valence-electron chi connectivity index (χ2n) is 4.14. The fraction of sp³-hybridized carbons (Fsp3) is 0.300. The number of primary sulfonamides is 1. The Balaban J connectivity index is 2.41. The fourth-order valence-corrected chi connectivity index (χ4v) is 3.08. The standard InChI is InChI=1S/C10H9Cl2FN2O3S/c11-5-1-7(12)10(13)8(2-5)15-4-6(3-9(15)16)19(14,17)18/h1-2,6H,3-4H2,(H2,14,17,18). The van der Waals surface area contributed by atoms with Crippen LogP contribution in [0.2, 0.25) is 10.0 Å². The first-order valence-electron chi connectivity index (χ1n) is 5.16. The first-order chi connectivity index (χ1) is 8.70. The average Bonchev–Trinajstić information content (AvgIpc) is 2.65. The Hall–Kier alpha value is -0.890. The average molecular weight is 327 g/mol. The maximum absolute atomic E-state index is 13.9. The van der Waals surface area contributed by atoms with Gasteiger partial charge in [-0.2, -0.15) is 0 Å². The van der Waals surface area contributed by atoms with E-state index in [0.717, 1.165) is 4.90 Å². The molecule has 0 aromatic heterocycles. The normalized spacial score (nSPS) is 20.1. The summed E-state index contributed by atoms with van der Waals surface area (Å²) in [6.45, 7) is -0.217. The highest BCUT2D eigenvalue weighted by Crippen LogP contribution is 2.33. The molecule has 2 N–H and O–H groups in total. The first kappa shape index (κ1) is 14.5. The molecule has 0 saturated carbocycles. The highest BCUT2D eigenvalue weighted by Gasteiger charge is 2.38. The highest BCUT2D eigenvalue weighted by molar-refractivity contribution is 7.89. The molecule has 0 radical (unpaired) electrons. The molecule has 5 nitrogen and oxygen atoms in total. The smallest absolute Gasteiger partial charge is 0.228 e. The Labute approximate surface area is 119 Å². The maximum Gasteiger partial charge on any atom is 0.228 e. The Kier molecular flexibility index (Phi) is 3.74. The number of sulfonamides is 1. The molecular formula is C10H9Cl2FN2O3S. The Bertz CT molecular complexity index is 650. The molecule has 1 aliphatic rings. The van der Waals surface area contributed by atoms with Gasteiger partial charge in [0.15, 0.2) is 5.82 Å². The van der Waals surface area contributed by atoms with E-state index in [1.165, 1.54) is 12.1 Å². The van der Waals surface area contributed by atoms with E-state index in [9.17, 15) is 17.6 Å². The van der Waals surface area contributed by atoms with Gasteiger partial charge < -0.3 is 4.90 Å². The van der Waals surface area contributed by atoms with Crippen molar-refractivity contribution in [2.24, 2.45) is 5.14 Å². The molecule has 1 heterocycles. The summed E-state index contributed by atoms with van der Waals surface area (Å²) in [7, 11) is -3.86. The molecule has 1 amide bonds. The molecule has 1 atom stereocenters. The van der Waals surface area contributed by atoms with Crippen molar-refractivity contribution in [1.29, 1.82) is 0 Å². The van der Waals surface area contributed by atoms with Crippen molar-refractivity contribution in [3.8, 4) is 0 Å². The van der Waals surface area contributed by atoms with E-state index in [-0.39, 0.29) is 28.7 Å². The summed E-state index contributed by atoms with van der Waals surface area (Å²) < 4.78 is 36.3. The molecular weight excluding hydrogens is 318 g/mol. The van der Waals surface area contributed by atoms with Crippen molar-refractivity contribution in [2.45, 2.75) is 11.7 Å². The molecule has 1 aromatic rings. The van der Waals surface area contributed by atoms with Crippen LogP contribution in [-0.2, 0) is 14.8 Å². The van der Waals surface area contributed by atoms with Crippen LogP contribution in [0.1, 0.15) is 6.42 Å². The van der Waals surface area contributed by atoms with Gasteiger partial charge in [-0.25, -0.2) is 17.9 Å². The van der Waals surface area contributed by atoms with E-state index in [4.69, 9.17) is 28.3 Å². The minimum absolute atomic E-state index is 0.145. The van der Waals surface area contributed by atoms with Gasteiger partial charge in [0.1, 0.15) is 5.25 Å². The predicted molar refractivity (Wildman–Crippen MR) is 70.3 cm³/mol. The molecule has 19 heavy (non-hydrogen) atoms. The zero-order valence-electron chi connectivity index (χ0n) is 9.44. The molecule has 2 rings (SSSR count). The summed E-state index contributed by atoms with van der Waals surface area (Å²) in [5.41, 5.74) is -0.145. The van der Waals surface area contributed by atoms with Crippen molar-refractivity contribution < 1.29 is 17.6 Å². The van der Waals surface area contributed by atoms with Gasteiger partial charge in [-0.15, -0.1) is 0 Å². The lowest BCUT2D eigenvalue weighted by Crippen LogP contribution is -2.32. The van der Waals surface area contributed by atoms with E-state index < -0.39 is 27.0 Å². The third-order valence-electron chi connectivity index (χ3n) is 2.82. The number of nitrogens with zero attached hydrogens (tertiary/aromatic N) is 1. The van der Waals surface area contributed by atoms with Gasteiger partial charge in [0, 0.05) is 18.0 Å². The summed E-state index contributed by atoms with van der Waals surface area (Å²) >= 11 is 11.4. The van der Waals surface area contributed by atoms with Crippen LogP contribution in [0.3, 0.4) is 0 Å². The summed E-state index contributed by atoms with van der Waals surface area (Å²) in [5, 5.41) is 3.84. The van der Waals surface area contributed by atoms with Gasteiger partial charge in [0.05, 0.1) is 10.7 Å². The zero-order valence-corrected chi connectivity index (χ0v) is 11.8. The lowest BCUT2D eigenvalue weighted by molar-refractivity contribution is -0.117. The molecule has 1 fully saturated rings. The number of benzene rings is 1. The SMILES string of the molecule is NS(=O)(=O)C1CC(=O)N(c2cc(Cl)cc(Cl)c2F)C1. The minimum Gasteiger partial charge on any atom is -0.308 e. The van der Waals surface area contributed by atoms with Crippen molar-refractivity contribution in [3.05, 3.63) is 28.0 Å². The lowest BCUT2D eigenvalue weighted by atomic mass is 10.3. The van der Waals surface area contributed by atoms with Crippen LogP contribution in [0.25, 0.3) is 0 Å². The summed E-state index contributed by atoms with van der Waals surface area (Å²) in [6.07, 6.45) is -0.289. The molecule has 1 aliphatic heterocycles. The topological polar surface area (TPSA) is 80.5 Å². The van der Waals surface area contributed by atoms with E-state index in [1.54, 1.807) is 0 Å². The number of carbonyl (C=O) groups is 1. The van der Waals surface area contributed by atoms with Crippen LogP contribution < -0.4 is 10.0 Å². The van der Waals surface area contributed by atoms with E-state index in [0.29, 0.717) is 0 Å². The van der Waals surface area contributed by atoms with Gasteiger partial charge in [0.2, 0.25) is 15.9 Å². The zero-order chi connectivity index (χ0) is 14.4. The fourth-order valence-electron chi connectivity index (χ4n) is 1.87. The number of rotatable bonds is 2. The Morgan fingerprint density at radius 2 is 2.00 bits per heavy atom. The number of carbonyl (C=O) groups excluding carboxylic acids is 1. The van der Waals surface area contributed by atoms with Gasteiger partial charge >= 0.3 is 0 Å². The highest BCUT2D eigenvalue weighted by atomic mass is 35.5. The number of halogens is 3. The number of amides is 1. The van der Waals surface area contributed by atoms with Crippen LogP contribution in [0.5, 0.6) is 0 Å². The molecule has 1 unspecified atom stereocenters. The second-order valence-corrected chi connectivity index (χ2v) is 6.83. The van der Waals surface area contributed by atoms with Crippen LogP contribution in [0.15, 0.2) is 12.1 Å². The summed E-state index contributed by atoms with van der Waals surface area (Å²) in [4.78, 5) is 12.7. The Morgan fingerprint density at radius 1 is 1.37 bits per heavy atom. The van der Waals surface area contributed by atoms with Crippen LogP contribution in [0, 0.1) is 5.82 Å². The molecule has 1 aromatic carbocycles. The largest absolute Gasteiger partial charge is 0.308 e. The number of anilines is 1. The van der Waals surface area contributed by atoms with Crippen molar-refractivity contribution in [3.63, 3.8) is 0 Å². The number of hydrogen-bond acceptors (Lipinski definition) is 3. The monoisotopic (exact) mass is 326 g/mol. The van der Waals surface area contributed by atoms with Crippen LogP contribution in [0.4, 0.5) is 10.1 Å². The van der Waals surface area contributed by atoms with E-state index in [2.05, 4.69) is 0 Å². The van der Waals surface area contributed by atoms with E-state index >= 15 is 0 Å². The minimum atomic E-state index is -3.86. The second kappa shape index (κ2) is 4.90. The molecule has 0 bridgehead atoms. The van der Waals surface area contributed by atoms with E-state index in [1.807, 2.05) is 0 Å². The first-order valence-corrected chi connectivity index (χ1v) is 7.53. The molecule has 9 heteroatoms. The summed E-state index contributed by atoms with van der Waals surface area (Å²) in [5.74, 6) is -1.37. The molecule has 104 valence electrons. The van der Waals surface area contributed by atoms with Gasteiger partial charge in [-0.05, 0) is 12.1 Å². The maximum atomic E-state index is 13.9. The molecule has 1 saturated heterocycles. The van der Waals surface area contributed by atoms with Crippen molar-refractivity contribution >= 4 is 44.8 Å². The molecule has 0 aliphatic carbocycles. The Morgan fingerprint density at radius 3 is 2.53 bits per heavy atom. The van der Waals surface area contributed by atoms with Crippen LogP contribution >= 0.6 is 23.2 Å². The number of nitrogens with two attached hydrogens (primary N) is 1. The lowest BCUT2D eigenvalue weighted by Gasteiger charge is -2.18. The third kappa shape index (κ3) is 2.84. The van der Waals surface area contributed by atoms with Gasteiger partial charge in [-0.1, -0.05) is 23.2 Å². The van der Waals surface area contributed by atoms with Gasteiger partial charge in [0.25, 0.3) is 0 Å². The summed E-state index contributed by atoms with van der Waals surface area (Å²) in [6, 6.07) is 2.41. The van der Waals surface area contributed by atoms with Gasteiger partial charge in [-0.3, -0.25) is 4.79 Å². The molecule has 0 spiro atoms.